The van der Waals surface area contributed by atoms with Crippen LogP contribution in [-0.4, -0.2) is 55.4 Å². The Bertz CT molecular complexity index is 774. The van der Waals surface area contributed by atoms with Crippen LogP contribution in [0.1, 0.15) is 28.5 Å². The fourth-order valence-corrected chi connectivity index (χ4v) is 3.47. The van der Waals surface area contributed by atoms with E-state index in [2.05, 4.69) is 37.6 Å². The molecule has 0 radical (unpaired) electrons. The van der Waals surface area contributed by atoms with Gasteiger partial charge in [0.1, 0.15) is 11.9 Å². The molecule has 0 aromatic carbocycles. The molecule has 2 aliphatic rings. The van der Waals surface area contributed by atoms with Crippen molar-refractivity contribution in [3.63, 3.8) is 0 Å². The van der Waals surface area contributed by atoms with Crippen molar-refractivity contribution in [1.82, 2.24) is 24.6 Å². The molecule has 4 rings (SSSR count). The average Bonchev–Trinajstić information content (AvgIpc) is 3.10. The van der Waals surface area contributed by atoms with Gasteiger partial charge in [-0.25, -0.2) is 4.98 Å². The lowest BCUT2D eigenvalue weighted by Crippen LogP contribution is -2.40. The van der Waals surface area contributed by atoms with Crippen molar-refractivity contribution in [2.75, 3.05) is 13.1 Å². The fraction of sp³-hybridized carbons (Fsp3) is 0.529. The Balaban J connectivity index is 0.000000569. The van der Waals surface area contributed by atoms with Gasteiger partial charge < -0.3 is 9.84 Å². The number of hydrogen-bond donors (Lipinski definition) is 1. The molecule has 0 fully saturated rings. The van der Waals surface area contributed by atoms with E-state index in [1.165, 1.54) is 11.3 Å². The summed E-state index contributed by atoms with van der Waals surface area (Å²) >= 11 is 0. The zero-order valence-corrected chi connectivity index (χ0v) is 14.8. The minimum atomic E-state index is -0.250. The molecule has 134 valence electrons. The van der Waals surface area contributed by atoms with Crippen LogP contribution in [0.15, 0.2) is 6.07 Å². The van der Waals surface area contributed by atoms with E-state index in [0.29, 0.717) is 0 Å². The van der Waals surface area contributed by atoms with E-state index in [9.17, 15) is 0 Å². The largest absolute Gasteiger partial charge is 0.483 e. The first-order chi connectivity index (χ1) is 12.0. The van der Waals surface area contributed by atoms with E-state index < -0.39 is 0 Å². The highest BCUT2D eigenvalue weighted by Crippen LogP contribution is 2.29. The van der Waals surface area contributed by atoms with Gasteiger partial charge in [0.2, 0.25) is 5.88 Å². The van der Waals surface area contributed by atoms with Crippen LogP contribution < -0.4 is 4.74 Å². The molecule has 0 saturated heterocycles. The summed E-state index contributed by atoms with van der Waals surface area (Å²) in [6.07, 6.45) is 1.09. The molecule has 4 heterocycles. The number of aromatic nitrogens is 4. The summed E-state index contributed by atoms with van der Waals surface area (Å²) in [5, 5.41) is 11.4. The predicted molar refractivity (Wildman–Crippen MR) is 90.6 cm³/mol. The summed E-state index contributed by atoms with van der Waals surface area (Å²) in [7, 11) is 0. The number of fused-ring (bicyclic) bond motifs is 2. The van der Waals surface area contributed by atoms with Crippen LogP contribution in [-0.2, 0) is 24.3 Å². The van der Waals surface area contributed by atoms with Gasteiger partial charge in [0.15, 0.2) is 0 Å². The van der Waals surface area contributed by atoms with Crippen molar-refractivity contribution in [2.45, 2.75) is 46.4 Å². The monoisotopic (exact) mass is 345 g/mol. The molecule has 8 nitrogen and oxygen atoms in total. The smallest absolute Gasteiger partial charge is 0.290 e. The SMILES string of the molecule is Cc1cc2n(n1)CCN(CC1Cc3c(C)nc(C)nc3O1)C2.O=CO. The molecule has 2 aromatic rings. The third-order valence-electron chi connectivity index (χ3n) is 4.46. The first kappa shape index (κ1) is 17.3. The van der Waals surface area contributed by atoms with E-state index in [1.807, 2.05) is 13.8 Å². The normalized spacial score (nSPS) is 18.6. The van der Waals surface area contributed by atoms with Crippen molar-refractivity contribution < 1.29 is 14.6 Å². The van der Waals surface area contributed by atoms with Gasteiger partial charge in [-0.15, -0.1) is 0 Å². The van der Waals surface area contributed by atoms with E-state index in [1.54, 1.807) is 0 Å². The molecule has 1 unspecified atom stereocenters. The first-order valence-electron chi connectivity index (χ1n) is 8.34. The zero-order chi connectivity index (χ0) is 18.0. The van der Waals surface area contributed by atoms with Crippen molar-refractivity contribution in [3.05, 3.63) is 34.5 Å². The topological polar surface area (TPSA) is 93.4 Å². The minimum absolute atomic E-state index is 0.181. The standard InChI is InChI=1S/C16H21N5O.CH2O2/c1-10-6-13-8-20(4-5-21(13)19-10)9-14-7-15-11(2)17-12(3)18-16(15)22-14;2-1-3/h6,14H,4-5,7-9H2,1-3H3;1H,(H,2,3). The van der Waals surface area contributed by atoms with Gasteiger partial charge >= 0.3 is 0 Å². The number of carbonyl (C=O) groups is 1. The number of nitrogens with zero attached hydrogens (tertiary/aromatic N) is 5. The van der Waals surface area contributed by atoms with Gasteiger partial charge in [-0.3, -0.25) is 14.4 Å². The third-order valence-corrected chi connectivity index (χ3v) is 4.46. The van der Waals surface area contributed by atoms with E-state index in [0.717, 1.165) is 55.7 Å². The lowest BCUT2D eigenvalue weighted by Gasteiger charge is -2.29. The van der Waals surface area contributed by atoms with Crippen LogP contribution >= 0.6 is 0 Å². The van der Waals surface area contributed by atoms with Crippen LogP contribution in [0.5, 0.6) is 5.88 Å². The molecule has 8 heteroatoms. The van der Waals surface area contributed by atoms with Crippen LogP contribution in [0.4, 0.5) is 0 Å². The van der Waals surface area contributed by atoms with Crippen LogP contribution in [0.3, 0.4) is 0 Å². The number of hydrogen-bond acceptors (Lipinski definition) is 6. The molecule has 0 amide bonds. The number of aryl methyl sites for hydroxylation is 3. The third kappa shape index (κ3) is 3.79. The lowest BCUT2D eigenvalue weighted by molar-refractivity contribution is -0.122. The van der Waals surface area contributed by atoms with Gasteiger partial charge in [0.25, 0.3) is 6.47 Å². The Morgan fingerprint density at radius 1 is 1.32 bits per heavy atom. The predicted octanol–water partition coefficient (Wildman–Crippen LogP) is 1.12. The van der Waals surface area contributed by atoms with Gasteiger partial charge in [0, 0.05) is 37.3 Å². The highest BCUT2D eigenvalue weighted by atomic mass is 16.5. The summed E-state index contributed by atoms with van der Waals surface area (Å²) in [6.45, 7) is 9.62. The number of ether oxygens (including phenoxy) is 1. The van der Waals surface area contributed by atoms with Crippen molar-refractivity contribution in [2.24, 2.45) is 0 Å². The molecule has 0 bridgehead atoms. The molecule has 1 N–H and O–H groups in total. The quantitative estimate of drug-likeness (QED) is 0.815. The molecular formula is C17H23N5O3. The van der Waals surface area contributed by atoms with E-state index in [4.69, 9.17) is 14.6 Å². The van der Waals surface area contributed by atoms with Gasteiger partial charge in [-0.05, 0) is 26.8 Å². The Labute approximate surface area is 146 Å². The summed E-state index contributed by atoms with van der Waals surface area (Å²) in [6, 6.07) is 2.18. The molecule has 0 aliphatic carbocycles. The van der Waals surface area contributed by atoms with Crippen molar-refractivity contribution in [1.29, 1.82) is 0 Å². The second-order valence-corrected chi connectivity index (χ2v) is 6.42. The number of carboxylic acid groups (broad SMARTS) is 1. The molecule has 0 spiro atoms. The second kappa shape index (κ2) is 7.18. The molecule has 2 aromatic heterocycles. The first-order valence-corrected chi connectivity index (χ1v) is 8.34. The van der Waals surface area contributed by atoms with Crippen molar-refractivity contribution in [3.8, 4) is 5.88 Å². The Morgan fingerprint density at radius 2 is 2.08 bits per heavy atom. The van der Waals surface area contributed by atoms with Crippen LogP contribution in [0, 0.1) is 20.8 Å². The highest BCUT2D eigenvalue weighted by molar-refractivity contribution is 5.34. The highest BCUT2D eigenvalue weighted by Gasteiger charge is 2.29. The Morgan fingerprint density at radius 3 is 2.84 bits per heavy atom. The van der Waals surface area contributed by atoms with Gasteiger partial charge in [-0.2, -0.15) is 10.1 Å². The van der Waals surface area contributed by atoms with Crippen LogP contribution in [0.2, 0.25) is 0 Å². The maximum atomic E-state index is 8.36. The lowest BCUT2D eigenvalue weighted by atomic mass is 10.1. The maximum Gasteiger partial charge on any atom is 0.290 e. The molecule has 2 aliphatic heterocycles. The minimum Gasteiger partial charge on any atom is -0.483 e. The summed E-state index contributed by atoms with van der Waals surface area (Å²) in [4.78, 5) is 19.7. The second-order valence-electron chi connectivity index (χ2n) is 6.42. The molecule has 25 heavy (non-hydrogen) atoms. The van der Waals surface area contributed by atoms with Gasteiger partial charge in [0.05, 0.1) is 17.9 Å². The zero-order valence-electron chi connectivity index (χ0n) is 14.8. The molecule has 1 atom stereocenters. The Hall–Kier alpha value is -2.48. The molecular weight excluding hydrogens is 322 g/mol. The van der Waals surface area contributed by atoms with E-state index in [-0.39, 0.29) is 12.6 Å². The summed E-state index contributed by atoms with van der Waals surface area (Å²) < 4.78 is 8.17. The van der Waals surface area contributed by atoms with Crippen LogP contribution in [0.25, 0.3) is 0 Å². The summed E-state index contributed by atoms with van der Waals surface area (Å²) in [5.74, 6) is 1.57. The average molecular weight is 345 g/mol. The number of rotatable bonds is 2. The van der Waals surface area contributed by atoms with Crippen molar-refractivity contribution >= 4 is 6.47 Å². The maximum absolute atomic E-state index is 8.36. The Kier molecular flexibility index (Phi) is 4.98. The molecule has 0 saturated carbocycles. The van der Waals surface area contributed by atoms with Gasteiger partial charge in [-0.1, -0.05) is 0 Å². The van der Waals surface area contributed by atoms with E-state index >= 15 is 0 Å². The summed E-state index contributed by atoms with van der Waals surface area (Å²) in [5.41, 5.74) is 4.62. The fourth-order valence-electron chi connectivity index (χ4n) is 3.47.